The molecule has 1 saturated heterocycles. The van der Waals surface area contributed by atoms with Gasteiger partial charge in [-0.1, -0.05) is 17.7 Å². The molecule has 3 aromatic rings. The van der Waals surface area contributed by atoms with Gasteiger partial charge in [0.25, 0.3) is 5.91 Å². The predicted molar refractivity (Wildman–Crippen MR) is 118 cm³/mol. The fourth-order valence-corrected chi connectivity index (χ4v) is 4.51. The first-order chi connectivity index (χ1) is 15.0. The molecule has 8 heteroatoms. The topological polar surface area (TPSA) is 32.8 Å². The monoisotopic (exact) mass is 462 g/mol. The zero-order chi connectivity index (χ0) is 21.8. The number of rotatable bonds is 6. The minimum Gasteiger partial charge on any atom is -0.489 e. The molecular weight excluding hydrogens is 442 g/mol. The van der Waals surface area contributed by atoms with E-state index in [1.807, 2.05) is 16.3 Å². The summed E-state index contributed by atoms with van der Waals surface area (Å²) in [5, 5.41) is 2.33. The summed E-state index contributed by atoms with van der Waals surface area (Å²) in [6, 6.07) is 12.1. The number of ether oxygens (including phenoxy) is 1. The van der Waals surface area contributed by atoms with Gasteiger partial charge in [-0.25, -0.2) is 8.78 Å². The first-order valence-electron chi connectivity index (χ1n) is 9.89. The zero-order valence-corrected chi connectivity index (χ0v) is 18.3. The van der Waals surface area contributed by atoms with E-state index >= 15 is 0 Å². The van der Waals surface area contributed by atoms with E-state index in [-0.39, 0.29) is 17.5 Å². The molecule has 31 heavy (non-hydrogen) atoms. The summed E-state index contributed by atoms with van der Waals surface area (Å²) in [6.07, 6.45) is 0. The number of thiophene rings is 1. The summed E-state index contributed by atoms with van der Waals surface area (Å²) in [4.78, 5) is 17.6. The number of nitrogens with zero attached hydrogens (tertiary/aromatic N) is 2. The molecule has 2 aromatic carbocycles. The van der Waals surface area contributed by atoms with Crippen molar-refractivity contribution in [2.75, 3.05) is 26.2 Å². The molecule has 162 valence electrons. The number of hydrogen-bond donors (Lipinski definition) is 0. The van der Waals surface area contributed by atoms with Crippen LogP contribution < -0.4 is 4.74 Å². The average Bonchev–Trinajstić information content (AvgIpc) is 3.24. The Morgan fingerprint density at radius 2 is 1.71 bits per heavy atom. The summed E-state index contributed by atoms with van der Waals surface area (Å²) in [5.41, 5.74) is 1.79. The van der Waals surface area contributed by atoms with Gasteiger partial charge in [-0.2, -0.15) is 0 Å². The van der Waals surface area contributed by atoms with E-state index < -0.39 is 0 Å². The Bertz CT molecular complexity index is 1050. The lowest BCUT2D eigenvalue weighted by Crippen LogP contribution is -2.48. The van der Waals surface area contributed by atoms with Crippen LogP contribution in [-0.4, -0.2) is 41.9 Å². The highest BCUT2D eigenvalue weighted by molar-refractivity contribution is 7.12. The van der Waals surface area contributed by atoms with E-state index in [9.17, 15) is 13.6 Å². The van der Waals surface area contributed by atoms with Crippen LogP contribution in [0.4, 0.5) is 8.78 Å². The number of benzene rings is 2. The lowest BCUT2D eigenvalue weighted by Gasteiger charge is -2.34. The maximum absolute atomic E-state index is 13.2. The van der Waals surface area contributed by atoms with Crippen LogP contribution in [0.1, 0.15) is 20.8 Å². The fraction of sp³-hybridized carbons (Fsp3) is 0.261. The molecular formula is C23H21ClF2N2O2S. The largest absolute Gasteiger partial charge is 0.489 e. The number of carbonyl (C=O) groups is 1. The Labute approximate surface area is 188 Å². The Morgan fingerprint density at radius 1 is 1.00 bits per heavy atom. The molecule has 1 aliphatic heterocycles. The highest BCUT2D eigenvalue weighted by Crippen LogP contribution is 2.22. The minimum atomic E-state index is -0.345. The molecule has 2 heterocycles. The molecule has 0 saturated carbocycles. The summed E-state index contributed by atoms with van der Waals surface area (Å²) in [6.45, 7) is 3.65. The second-order valence-corrected chi connectivity index (χ2v) is 8.68. The fourth-order valence-electron chi connectivity index (χ4n) is 3.42. The molecule has 1 aliphatic rings. The van der Waals surface area contributed by atoms with E-state index in [1.165, 1.54) is 35.6 Å². The van der Waals surface area contributed by atoms with Crippen LogP contribution in [0.15, 0.2) is 53.9 Å². The Morgan fingerprint density at radius 3 is 2.42 bits per heavy atom. The van der Waals surface area contributed by atoms with E-state index in [2.05, 4.69) is 4.90 Å². The SMILES string of the molecule is O=C(c1cc(COc2ccc(F)cc2)cs1)N1CCN(Cc2ccc(F)cc2Cl)CC1. The molecule has 0 spiro atoms. The van der Waals surface area contributed by atoms with Crippen molar-refractivity contribution >= 4 is 28.8 Å². The Hall–Kier alpha value is -2.48. The van der Waals surface area contributed by atoms with Gasteiger partial charge in [-0.05, 0) is 53.4 Å². The van der Waals surface area contributed by atoms with Gasteiger partial charge in [-0.15, -0.1) is 11.3 Å². The van der Waals surface area contributed by atoms with Gasteiger partial charge in [0, 0.05) is 43.3 Å². The predicted octanol–water partition coefficient (Wildman–Crippen LogP) is 5.22. The summed E-state index contributed by atoms with van der Waals surface area (Å²) in [5.74, 6) is -0.0606. The average molecular weight is 463 g/mol. The number of halogens is 3. The molecule has 4 rings (SSSR count). The number of piperazine rings is 1. The van der Waals surface area contributed by atoms with Gasteiger partial charge in [-0.3, -0.25) is 9.69 Å². The van der Waals surface area contributed by atoms with Crippen LogP contribution in [0.25, 0.3) is 0 Å². The first kappa shape index (κ1) is 21.7. The quantitative estimate of drug-likeness (QED) is 0.503. The third kappa shape index (κ3) is 5.61. The third-order valence-electron chi connectivity index (χ3n) is 5.15. The van der Waals surface area contributed by atoms with E-state index in [1.54, 1.807) is 18.2 Å². The normalized spacial score (nSPS) is 14.6. The van der Waals surface area contributed by atoms with Gasteiger partial charge < -0.3 is 9.64 Å². The summed E-state index contributed by atoms with van der Waals surface area (Å²) < 4.78 is 31.8. The van der Waals surface area contributed by atoms with Gasteiger partial charge >= 0.3 is 0 Å². The van der Waals surface area contributed by atoms with Gasteiger partial charge in [0.05, 0.1) is 4.88 Å². The van der Waals surface area contributed by atoms with Gasteiger partial charge in [0.2, 0.25) is 0 Å². The van der Waals surface area contributed by atoms with Crippen molar-refractivity contribution in [2.24, 2.45) is 0 Å². The van der Waals surface area contributed by atoms with E-state index in [4.69, 9.17) is 16.3 Å². The van der Waals surface area contributed by atoms with Crippen molar-refractivity contribution in [2.45, 2.75) is 13.2 Å². The molecule has 4 nitrogen and oxygen atoms in total. The minimum absolute atomic E-state index is 0.0116. The highest BCUT2D eigenvalue weighted by Gasteiger charge is 2.23. The second kappa shape index (κ2) is 9.77. The molecule has 1 fully saturated rings. The molecule has 0 radical (unpaired) electrons. The van der Waals surface area contributed by atoms with Crippen molar-refractivity contribution in [3.8, 4) is 5.75 Å². The van der Waals surface area contributed by atoms with E-state index in [0.29, 0.717) is 41.9 Å². The molecule has 0 bridgehead atoms. The van der Waals surface area contributed by atoms with Gasteiger partial charge in [0.1, 0.15) is 24.0 Å². The summed E-state index contributed by atoms with van der Waals surface area (Å²) in [7, 11) is 0. The van der Waals surface area contributed by atoms with Crippen molar-refractivity contribution in [1.29, 1.82) is 0 Å². The van der Waals surface area contributed by atoms with Crippen LogP contribution in [0.3, 0.4) is 0 Å². The standard InChI is InChI=1S/C23H21ClF2N2O2S/c24-21-12-19(26)2-1-17(21)13-27-7-9-28(10-8-27)23(29)22-11-16(15-31-22)14-30-20-5-3-18(25)4-6-20/h1-6,11-12,15H,7-10,13-14H2. The van der Waals surface area contributed by atoms with Crippen LogP contribution >= 0.6 is 22.9 Å². The highest BCUT2D eigenvalue weighted by atomic mass is 35.5. The maximum atomic E-state index is 13.2. The smallest absolute Gasteiger partial charge is 0.264 e. The molecule has 0 unspecified atom stereocenters. The Kier molecular flexibility index (Phi) is 6.85. The first-order valence-corrected chi connectivity index (χ1v) is 11.1. The Balaban J connectivity index is 1.28. The molecule has 0 N–H and O–H groups in total. The zero-order valence-electron chi connectivity index (χ0n) is 16.7. The lowest BCUT2D eigenvalue weighted by atomic mass is 10.2. The van der Waals surface area contributed by atoms with E-state index in [0.717, 1.165) is 24.2 Å². The molecule has 0 aliphatic carbocycles. The maximum Gasteiger partial charge on any atom is 0.264 e. The lowest BCUT2D eigenvalue weighted by molar-refractivity contribution is 0.0633. The van der Waals surface area contributed by atoms with Crippen molar-refractivity contribution < 1.29 is 18.3 Å². The molecule has 1 aromatic heterocycles. The van der Waals surface area contributed by atoms with Crippen LogP contribution in [0.5, 0.6) is 5.75 Å². The second-order valence-electron chi connectivity index (χ2n) is 7.37. The van der Waals surface area contributed by atoms with Crippen LogP contribution in [0, 0.1) is 11.6 Å². The van der Waals surface area contributed by atoms with Crippen molar-refractivity contribution in [3.05, 3.63) is 86.6 Å². The van der Waals surface area contributed by atoms with Gasteiger partial charge in [0.15, 0.2) is 0 Å². The number of carbonyl (C=O) groups excluding carboxylic acids is 1. The number of amides is 1. The third-order valence-corrected chi connectivity index (χ3v) is 6.47. The number of hydrogen-bond acceptors (Lipinski definition) is 4. The van der Waals surface area contributed by atoms with Crippen LogP contribution in [-0.2, 0) is 13.2 Å². The molecule has 0 atom stereocenters. The van der Waals surface area contributed by atoms with Crippen molar-refractivity contribution in [1.82, 2.24) is 9.80 Å². The van der Waals surface area contributed by atoms with Crippen LogP contribution in [0.2, 0.25) is 5.02 Å². The van der Waals surface area contributed by atoms with Crippen molar-refractivity contribution in [3.63, 3.8) is 0 Å². The summed E-state index contributed by atoms with van der Waals surface area (Å²) >= 11 is 7.52. The molecule has 1 amide bonds.